The van der Waals surface area contributed by atoms with Crippen LogP contribution in [0.1, 0.15) is 44.7 Å². The van der Waals surface area contributed by atoms with E-state index in [1.54, 1.807) is 0 Å². The molecule has 5 nitrogen and oxygen atoms in total. The second-order valence-corrected chi connectivity index (χ2v) is 10.7. The summed E-state index contributed by atoms with van der Waals surface area (Å²) in [6.45, 7) is 4.70. The van der Waals surface area contributed by atoms with Crippen LogP contribution in [0.15, 0.2) is 53.4 Å². The summed E-state index contributed by atoms with van der Waals surface area (Å²) in [6, 6.07) is 13.2. The molecule has 0 radical (unpaired) electrons. The molecule has 8 heteroatoms. The lowest BCUT2D eigenvalue weighted by molar-refractivity contribution is -0.127. The molecule has 168 valence electrons. The second kappa shape index (κ2) is 10.1. The van der Waals surface area contributed by atoms with Crippen molar-refractivity contribution in [1.29, 1.82) is 0 Å². The Morgan fingerprint density at radius 3 is 2.39 bits per heavy atom. The summed E-state index contributed by atoms with van der Waals surface area (Å²) < 4.78 is 40.4. The molecule has 1 fully saturated rings. The number of amides is 1. The molecule has 31 heavy (non-hydrogen) atoms. The Labute approximate surface area is 188 Å². The van der Waals surface area contributed by atoms with Gasteiger partial charge >= 0.3 is 0 Å². The molecule has 0 aliphatic carbocycles. The molecule has 0 saturated carbocycles. The van der Waals surface area contributed by atoms with Crippen LogP contribution in [0.3, 0.4) is 0 Å². The Balaban J connectivity index is 1.64. The molecule has 1 heterocycles. The molecular weight excluding hydrogens is 439 g/mol. The van der Waals surface area contributed by atoms with E-state index in [1.807, 2.05) is 30.3 Å². The van der Waals surface area contributed by atoms with Gasteiger partial charge in [0.25, 0.3) is 0 Å². The first-order chi connectivity index (χ1) is 14.7. The van der Waals surface area contributed by atoms with Crippen LogP contribution in [-0.4, -0.2) is 31.7 Å². The van der Waals surface area contributed by atoms with Gasteiger partial charge in [-0.05, 0) is 48.9 Å². The molecule has 2 aromatic carbocycles. The van der Waals surface area contributed by atoms with Crippen LogP contribution in [0.2, 0.25) is 5.02 Å². The number of sulfonamides is 1. The van der Waals surface area contributed by atoms with E-state index in [1.165, 1.54) is 10.4 Å². The van der Waals surface area contributed by atoms with Gasteiger partial charge in [0.2, 0.25) is 15.9 Å². The molecule has 1 saturated heterocycles. The van der Waals surface area contributed by atoms with E-state index >= 15 is 0 Å². The smallest absolute Gasteiger partial charge is 0.243 e. The van der Waals surface area contributed by atoms with Gasteiger partial charge in [-0.25, -0.2) is 12.8 Å². The summed E-state index contributed by atoms with van der Waals surface area (Å²) in [5.74, 6) is -0.539. The van der Waals surface area contributed by atoms with Gasteiger partial charge < -0.3 is 5.32 Å². The zero-order valence-electron chi connectivity index (χ0n) is 17.7. The summed E-state index contributed by atoms with van der Waals surface area (Å²) in [7, 11) is -3.78. The molecule has 1 unspecified atom stereocenters. The Kier molecular flexibility index (Phi) is 7.73. The molecule has 1 aliphatic rings. The minimum Gasteiger partial charge on any atom is -0.349 e. The topological polar surface area (TPSA) is 66.5 Å². The standard InChI is InChI=1S/C23H28ClFN2O3S/c1-16(2)14-22(17-6-4-3-5-7-17)26-23(28)18-10-12-27(13-11-18)31(29,30)19-8-9-21(25)20(24)15-19/h3-9,15-16,18,22H,10-14H2,1-2H3,(H,26,28). The van der Waals surface area contributed by atoms with E-state index in [-0.39, 0.29) is 40.9 Å². The molecule has 0 aromatic heterocycles. The molecule has 1 atom stereocenters. The number of hydrogen-bond acceptors (Lipinski definition) is 3. The summed E-state index contributed by atoms with van der Waals surface area (Å²) in [6.07, 6.45) is 1.70. The zero-order chi connectivity index (χ0) is 22.6. The SMILES string of the molecule is CC(C)CC(NC(=O)C1CCN(S(=O)(=O)c2ccc(F)c(Cl)c2)CC1)c1ccccc1. The fourth-order valence-electron chi connectivity index (χ4n) is 3.87. The number of benzene rings is 2. The Morgan fingerprint density at radius 1 is 1.16 bits per heavy atom. The normalized spacial score (nSPS) is 16.9. The highest BCUT2D eigenvalue weighted by Crippen LogP contribution is 2.28. The minimum atomic E-state index is -3.78. The summed E-state index contributed by atoms with van der Waals surface area (Å²) >= 11 is 5.75. The third-order valence-electron chi connectivity index (χ3n) is 5.58. The second-order valence-electron chi connectivity index (χ2n) is 8.36. The van der Waals surface area contributed by atoms with Gasteiger partial charge in [0.1, 0.15) is 5.82 Å². The van der Waals surface area contributed by atoms with Crippen LogP contribution in [0.25, 0.3) is 0 Å². The van der Waals surface area contributed by atoms with Crippen LogP contribution >= 0.6 is 11.6 Å². The van der Waals surface area contributed by atoms with Crippen LogP contribution in [0, 0.1) is 17.7 Å². The number of nitrogens with one attached hydrogen (secondary N) is 1. The predicted molar refractivity (Wildman–Crippen MR) is 120 cm³/mol. The highest BCUT2D eigenvalue weighted by Gasteiger charge is 2.33. The highest BCUT2D eigenvalue weighted by atomic mass is 35.5. The van der Waals surface area contributed by atoms with E-state index in [0.717, 1.165) is 24.1 Å². The van der Waals surface area contributed by atoms with E-state index in [2.05, 4.69) is 19.2 Å². The van der Waals surface area contributed by atoms with Gasteiger partial charge in [0, 0.05) is 19.0 Å². The Hall–Kier alpha value is -1.96. The van der Waals surface area contributed by atoms with Gasteiger partial charge in [-0.3, -0.25) is 4.79 Å². The van der Waals surface area contributed by atoms with Crippen LogP contribution < -0.4 is 5.32 Å². The van der Waals surface area contributed by atoms with Crippen molar-refractivity contribution in [2.75, 3.05) is 13.1 Å². The number of carbonyl (C=O) groups is 1. The number of piperidine rings is 1. The number of hydrogen-bond donors (Lipinski definition) is 1. The van der Waals surface area contributed by atoms with Gasteiger partial charge in [-0.2, -0.15) is 4.31 Å². The fourth-order valence-corrected chi connectivity index (χ4v) is 5.61. The molecule has 1 aliphatic heterocycles. The van der Waals surface area contributed by atoms with E-state index in [0.29, 0.717) is 18.8 Å². The van der Waals surface area contributed by atoms with Crippen molar-refractivity contribution in [1.82, 2.24) is 9.62 Å². The van der Waals surface area contributed by atoms with Crippen LogP contribution in [-0.2, 0) is 14.8 Å². The van der Waals surface area contributed by atoms with Gasteiger partial charge in [0.15, 0.2) is 0 Å². The lowest BCUT2D eigenvalue weighted by Gasteiger charge is -2.32. The van der Waals surface area contributed by atoms with E-state index < -0.39 is 15.8 Å². The maximum atomic E-state index is 13.4. The number of nitrogens with zero attached hydrogens (tertiary/aromatic N) is 1. The van der Waals surface area contributed by atoms with Crippen LogP contribution in [0.4, 0.5) is 4.39 Å². The monoisotopic (exact) mass is 466 g/mol. The maximum Gasteiger partial charge on any atom is 0.243 e. The lowest BCUT2D eigenvalue weighted by atomic mass is 9.93. The highest BCUT2D eigenvalue weighted by molar-refractivity contribution is 7.89. The number of halogens is 2. The molecule has 1 N–H and O–H groups in total. The first kappa shape index (κ1) is 23.7. The van der Waals surface area contributed by atoms with Crippen molar-refractivity contribution >= 4 is 27.5 Å². The average Bonchev–Trinajstić information content (AvgIpc) is 2.75. The van der Waals surface area contributed by atoms with Gasteiger partial charge in [-0.15, -0.1) is 0 Å². The quantitative estimate of drug-likeness (QED) is 0.638. The lowest BCUT2D eigenvalue weighted by Crippen LogP contribution is -2.43. The van der Waals surface area contributed by atoms with Crippen molar-refractivity contribution in [2.45, 2.75) is 44.0 Å². The molecule has 0 spiro atoms. The Morgan fingerprint density at radius 2 is 1.81 bits per heavy atom. The average molecular weight is 467 g/mol. The molecule has 3 rings (SSSR count). The Bertz CT molecular complexity index is 1010. The van der Waals surface area contributed by atoms with E-state index in [9.17, 15) is 17.6 Å². The summed E-state index contributed by atoms with van der Waals surface area (Å²) in [4.78, 5) is 12.9. The van der Waals surface area contributed by atoms with Crippen molar-refractivity contribution in [3.8, 4) is 0 Å². The predicted octanol–water partition coefficient (Wildman–Crippen LogP) is 4.78. The van der Waals surface area contributed by atoms with Crippen molar-refractivity contribution in [3.63, 3.8) is 0 Å². The largest absolute Gasteiger partial charge is 0.349 e. The van der Waals surface area contributed by atoms with Crippen molar-refractivity contribution in [2.24, 2.45) is 11.8 Å². The first-order valence-corrected chi connectivity index (χ1v) is 12.3. The molecule has 2 aromatic rings. The first-order valence-electron chi connectivity index (χ1n) is 10.5. The summed E-state index contributed by atoms with van der Waals surface area (Å²) in [5, 5.41) is 2.94. The van der Waals surface area contributed by atoms with Gasteiger partial charge in [-0.1, -0.05) is 55.8 Å². The van der Waals surface area contributed by atoms with E-state index in [4.69, 9.17) is 11.6 Å². The van der Waals surface area contributed by atoms with Crippen molar-refractivity contribution in [3.05, 3.63) is 64.9 Å². The minimum absolute atomic E-state index is 0.0390. The van der Waals surface area contributed by atoms with Crippen LogP contribution in [0.5, 0.6) is 0 Å². The number of rotatable bonds is 7. The van der Waals surface area contributed by atoms with Crippen molar-refractivity contribution < 1.29 is 17.6 Å². The maximum absolute atomic E-state index is 13.4. The number of carbonyl (C=O) groups excluding carboxylic acids is 1. The molecule has 0 bridgehead atoms. The molecular formula is C23H28ClFN2O3S. The van der Waals surface area contributed by atoms with Gasteiger partial charge in [0.05, 0.1) is 16.0 Å². The zero-order valence-corrected chi connectivity index (χ0v) is 19.3. The molecule has 1 amide bonds. The third kappa shape index (κ3) is 5.84. The summed E-state index contributed by atoms with van der Waals surface area (Å²) in [5.41, 5.74) is 1.07. The third-order valence-corrected chi connectivity index (χ3v) is 7.76. The fraction of sp³-hybridized carbons (Fsp3) is 0.435.